The molecule has 0 bridgehead atoms. The van der Waals surface area contributed by atoms with E-state index in [2.05, 4.69) is 65.2 Å². The number of aromatic nitrogens is 2. The zero-order valence-electron chi connectivity index (χ0n) is 35.3. The van der Waals surface area contributed by atoms with E-state index in [4.69, 9.17) is 4.98 Å². The summed E-state index contributed by atoms with van der Waals surface area (Å²) in [5.74, 6) is 8.19. The molecule has 7 atom stereocenters. The fourth-order valence-corrected chi connectivity index (χ4v) is 17.2. The number of H-pyrrole nitrogens is 1. The Morgan fingerprint density at radius 1 is 0.948 bits per heavy atom. The molecule has 1 aliphatic heterocycles. The molecule has 0 radical (unpaired) electrons. The maximum Gasteiger partial charge on any atom is 0.180 e. The fraction of sp³-hybridized carbons (Fsp3) is 0.560. The third-order valence-electron chi connectivity index (χ3n) is 16.3. The monoisotopic (exact) mass is 830 g/mol. The average molecular weight is 831 g/mol. The van der Waals surface area contributed by atoms with E-state index in [9.17, 15) is 14.1 Å². The van der Waals surface area contributed by atoms with Crippen LogP contribution in [0.5, 0.6) is 5.75 Å². The van der Waals surface area contributed by atoms with Crippen molar-refractivity contribution >= 4 is 109 Å². The minimum atomic E-state index is -1.16. The van der Waals surface area contributed by atoms with Gasteiger partial charge in [0.1, 0.15) is 9.96 Å². The minimum absolute atomic E-state index is 0.0353. The molecule has 58 heavy (non-hydrogen) atoms. The molecule has 4 aromatic carbocycles. The number of carbonyl (C=O) groups is 1. The van der Waals surface area contributed by atoms with Gasteiger partial charge in [0.15, 0.2) is 5.78 Å². The van der Waals surface area contributed by atoms with Crippen LogP contribution in [0.15, 0.2) is 16.5 Å². The lowest BCUT2D eigenvalue weighted by molar-refractivity contribution is 0.0954. The fourth-order valence-electron chi connectivity index (χ4n) is 12.9. The lowest BCUT2D eigenvalue weighted by Crippen LogP contribution is -2.38. The number of hydrogen-bond acceptors (Lipinski definition) is 6. The van der Waals surface area contributed by atoms with Crippen LogP contribution in [0.1, 0.15) is 127 Å². The van der Waals surface area contributed by atoms with Crippen molar-refractivity contribution in [3.8, 4) is 5.75 Å². The molecule has 304 valence electrons. The van der Waals surface area contributed by atoms with E-state index in [0.717, 1.165) is 96.2 Å². The van der Waals surface area contributed by atoms with Gasteiger partial charge in [-0.1, -0.05) is 54.9 Å². The van der Waals surface area contributed by atoms with Crippen molar-refractivity contribution in [1.29, 1.82) is 0 Å². The first kappa shape index (κ1) is 38.0. The number of phenolic OH excluding ortho intramolecular Hbond substituents is 1. The number of Topliss-reactive ketones (excluding diaryl/α,β-unsaturated/α-hetero) is 1. The number of aryl methyl sites for hydroxylation is 1. The lowest BCUT2D eigenvalue weighted by Gasteiger charge is -2.42. The van der Waals surface area contributed by atoms with Gasteiger partial charge in [0.25, 0.3) is 0 Å². The zero-order valence-corrected chi connectivity index (χ0v) is 37.7. The number of phenols is 1. The SMILES string of the molecule is CCC(C)C(C)CC(C)C1C2=c3c4c(sc5cnc6c(CCC(C)CSCC7CCC(C(C)C)CC7)c7c(O)cc8[nH]c9c%10c(c3c(c6c54)c7c8%10)C1CC9=O)S(=O)C2. The second-order valence-corrected chi connectivity index (χ2v) is 23.8. The van der Waals surface area contributed by atoms with Crippen molar-refractivity contribution < 1.29 is 14.1 Å². The number of rotatable bonds is 13. The van der Waals surface area contributed by atoms with Gasteiger partial charge in [-0.15, -0.1) is 11.3 Å². The molecule has 3 aliphatic carbocycles. The van der Waals surface area contributed by atoms with Gasteiger partial charge in [-0.3, -0.25) is 14.0 Å². The summed E-state index contributed by atoms with van der Waals surface area (Å²) < 4.78 is 16.7. The number of ketones is 1. The van der Waals surface area contributed by atoms with Crippen LogP contribution in [0.4, 0.5) is 0 Å². The standard InChI is InChI=1S/C50H58N2O3S3/c1-8-24(5)25(6)15-26(7)36-30-16-34(54)49-45-38(30)43-39-31(36)21-58(55)50-47(39)41-35(57-50)18-51-48-29(37-33(53)17-32(52-49)40(45)42(37)44(43)46(41)48)14-9-23(4)19-56-20-27-10-12-28(13-11-27)22(2)3/h17-18,22-28,30,36,52-53H,8-16,19-21H2,1-7H3. The van der Waals surface area contributed by atoms with Crippen LogP contribution in [-0.2, 0) is 17.2 Å². The molecule has 4 aliphatic rings. The number of hydrogen-bond donors (Lipinski definition) is 2. The Hall–Kier alpha value is -2.94. The summed E-state index contributed by atoms with van der Waals surface area (Å²) in [6, 6.07) is 1.90. The van der Waals surface area contributed by atoms with Crippen molar-refractivity contribution in [1.82, 2.24) is 9.97 Å². The molecular weight excluding hydrogens is 773 g/mol. The van der Waals surface area contributed by atoms with Crippen molar-refractivity contribution in [2.45, 2.75) is 116 Å². The van der Waals surface area contributed by atoms with E-state index in [-0.39, 0.29) is 23.4 Å². The first-order valence-electron chi connectivity index (χ1n) is 22.6. The van der Waals surface area contributed by atoms with Crippen LogP contribution in [0.3, 0.4) is 0 Å². The number of carbonyl (C=O) groups excluding carboxylic acids is 1. The second-order valence-electron chi connectivity index (χ2n) is 20.0. The van der Waals surface area contributed by atoms with Gasteiger partial charge in [0, 0.05) is 61.8 Å². The maximum absolute atomic E-state index is 14.6. The average Bonchev–Trinajstić information content (AvgIpc) is 3.80. The molecule has 7 aromatic rings. The van der Waals surface area contributed by atoms with Gasteiger partial charge in [-0.25, -0.2) is 0 Å². The zero-order chi connectivity index (χ0) is 40.0. The normalized spacial score (nSPS) is 25.4. The van der Waals surface area contributed by atoms with Gasteiger partial charge in [-0.2, -0.15) is 11.8 Å². The van der Waals surface area contributed by atoms with Crippen LogP contribution in [0, 0.1) is 47.3 Å². The molecule has 11 rings (SSSR count). The molecule has 5 nitrogen and oxygen atoms in total. The van der Waals surface area contributed by atoms with Crippen LogP contribution >= 0.6 is 23.1 Å². The molecule has 2 N–H and O–H groups in total. The summed E-state index contributed by atoms with van der Waals surface area (Å²) in [7, 11) is -1.16. The van der Waals surface area contributed by atoms with E-state index in [1.807, 2.05) is 12.3 Å². The second kappa shape index (κ2) is 13.8. The van der Waals surface area contributed by atoms with Crippen LogP contribution < -0.4 is 5.22 Å². The van der Waals surface area contributed by atoms with Crippen molar-refractivity contribution in [3.63, 3.8) is 0 Å². The topological polar surface area (TPSA) is 83.1 Å². The third kappa shape index (κ3) is 5.28. The largest absolute Gasteiger partial charge is 0.507 e. The van der Waals surface area contributed by atoms with Crippen LogP contribution in [-0.4, -0.2) is 42.3 Å². The predicted molar refractivity (Wildman–Crippen MR) is 248 cm³/mol. The highest BCUT2D eigenvalue weighted by Gasteiger charge is 2.46. The highest BCUT2D eigenvalue weighted by atomic mass is 32.2. The molecule has 7 unspecified atom stereocenters. The van der Waals surface area contributed by atoms with Gasteiger partial charge in [0.2, 0.25) is 0 Å². The number of thioether (sulfide) groups is 1. The summed E-state index contributed by atoms with van der Waals surface area (Å²) >= 11 is 3.83. The van der Waals surface area contributed by atoms with Crippen LogP contribution in [0.25, 0.3) is 69.8 Å². The summed E-state index contributed by atoms with van der Waals surface area (Å²) in [6.07, 6.45) is 12.1. The molecule has 1 saturated carbocycles. The summed E-state index contributed by atoms with van der Waals surface area (Å²) in [4.78, 5) is 23.4. The van der Waals surface area contributed by atoms with Gasteiger partial charge >= 0.3 is 0 Å². The number of nitrogens with one attached hydrogen (secondary N) is 1. The van der Waals surface area contributed by atoms with E-state index < -0.39 is 10.8 Å². The molecule has 8 heteroatoms. The molecule has 1 fully saturated rings. The van der Waals surface area contributed by atoms with Crippen molar-refractivity contribution in [2.24, 2.45) is 47.3 Å². The van der Waals surface area contributed by atoms with Gasteiger partial charge in [0.05, 0.1) is 38.0 Å². The molecule has 3 aromatic heterocycles. The number of aromatic hydroxyl groups is 1. The van der Waals surface area contributed by atoms with Crippen LogP contribution in [0.2, 0.25) is 0 Å². The number of benzene rings is 4. The Bertz CT molecular complexity index is 2880. The molecule has 4 heterocycles. The van der Waals surface area contributed by atoms with E-state index in [1.165, 1.54) is 74.7 Å². The number of nitrogens with zero attached hydrogens (tertiary/aromatic N) is 1. The quantitative estimate of drug-likeness (QED) is 0.0893. The highest BCUT2D eigenvalue weighted by molar-refractivity contribution is 7.99. The Morgan fingerprint density at radius 3 is 2.48 bits per heavy atom. The number of pyridine rings is 1. The molecule has 0 amide bonds. The number of aromatic amines is 1. The highest BCUT2D eigenvalue weighted by Crippen LogP contribution is 2.59. The van der Waals surface area contributed by atoms with Gasteiger partial charge in [-0.05, 0) is 137 Å². The van der Waals surface area contributed by atoms with Crippen molar-refractivity contribution in [2.75, 3.05) is 17.3 Å². The minimum Gasteiger partial charge on any atom is -0.507 e. The predicted octanol–water partition coefficient (Wildman–Crippen LogP) is 12.7. The lowest BCUT2D eigenvalue weighted by atomic mass is 9.62. The smallest absolute Gasteiger partial charge is 0.180 e. The Morgan fingerprint density at radius 2 is 1.72 bits per heavy atom. The molecule has 0 spiro atoms. The molecule has 0 saturated heterocycles. The Labute approximate surface area is 352 Å². The van der Waals surface area contributed by atoms with Gasteiger partial charge < -0.3 is 10.1 Å². The molecular formula is C50H58N2O3S3. The summed E-state index contributed by atoms with van der Waals surface area (Å²) in [5.41, 5.74) is 6.35. The first-order chi connectivity index (χ1) is 28.0. The van der Waals surface area contributed by atoms with Crippen molar-refractivity contribution in [3.05, 3.63) is 34.3 Å². The first-order valence-corrected chi connectivity index (χ1v) is 25.8. The Balaban J connectivity index is 1.09. The summed E-state index contributed by atoms with van der Waals surface area (Å²) in [5, 5.41) is 23.8. The summed E-state index contributed by atoms with van der Waals surface area (Å²) in [6.45, 7) is 16.6. The van der Waals surface area contributed by atoms with E-state index in [0.29, 0.717) is 41.5 Å². The number of thiophene rings is 1. The third-order valence-corrected chi connectivity index (χ3v) is 20.7. The van der Waals surface area contributed by atoms with E-state index >= 15 is 0 Å². The Kier molecular flexibility index (Phi) is 9.04. The maximum atomic E-state index is 14.6. The van der Waals surface area contributed by atoms with E-state index in [1.54, 1.807) is 11.3 Å².